The Morgan fingerprint density at radius 1 is 1.45 bits per heavy atom. The maximum atomic E-state index is 15.2. The van der Waals surface area contributed by atoms with Crippen LogP contribution in [0.1, 0.15) is 24.8 Å². The molecule has 1 unspecified atom stereocenters. The number of fused-ring (bicyclic) bond motifs is 2. The third kappa shape index (κ3) is 3.16. The number of nitrogens with one attached hydrogen (secondary N) is 2. The zero-order chi connectivity index (χ0) is 21.9. The highest BCUT2D eigenvalue weighted by atomic mass is 35.5. The van der Waals surface area contributed by atoms with Gasteiger partial charge in [0.15, 0.2) is 11.5 Å². The van der Waals surface area contributed by atoms with E-state index in [1.54, 1.807) is 29.1 Å². The minimum absolute atomic E-state index is 0.0687. The number of carbonyl (C=O) groups is 1. The first kappa shape index (κ1) is 19.6. The van der Waals surface area contributed by atoms with Gasteiger partial charge in [-0.3, -0.25) is 14.9 Å². The van der Waals surface area contributed by atoms with E-state index in [1.165, 1.54) is 6.20 Å². The number of rotatable bonds is 5. The lowest BCUT2D eigenvalue weighted by atomic mass is 9.94. The van der Waals surface area contributed by atoms with E-state index < -0.39 is 23.8 Å². The number of hydrogen-bond acceptors (Lipinski definition) is 4. The summed E-state index contributed by atoms with van der Waals surface area (Å²) in [7, 11) is 0. The summed E-state index contributed by atoms with van der Waals surface area (Å²) in [6.07, 6.45) is 7.05. The minimum atomic E-state index is -1.09. The average molecular weight is 443 g/mol. The second kappa shape index (κ2) is 7.12. The quantitative estimate of drug-likeness (QED) is 0.440. The van der Waals surface area contributed by atoms with E-state index in [4.69, 9.17) is 11.6 Å². The summed E-state index contributed by atoms with van der Waals surface area (Å²) >= 11 is 6.44. The molecule has 0 aliphatic heterocycles. The molecule has 1 amide bonds. The fraction of sp³-hybridized carbons (Fsp3) is 0.238. The van der Waals surface area contributed by atoms with Crippen molar-refractivity contribution in [3.63, 3.8) is 0 Å². The van der Waals surface area contributed by atoms with Gasteiger partial charge in [0.05, 0.1) is 40.7 Å². The number of alkyl halides is 1. The Kier molecular flexibility index (Phi) is 4.51. The summed E-state index contributed by atoms with van der Waals surface area (Å²) in [6, 6.07) is 0. The van der Waals surface area contributed by atoms with Crippen molar-refractivity contribution in [2.75, 3.05) is 5.32 Å². The van der Waals surface area contributed by atoms with E-state index in [-0.39, 0.29) is 23.2 Å². The molecule has 1 aliphatic carbocycles. The zero-order valence-electron chi connectivity index (χ0n) is 16.4. The number of amides is 1. The molecule has 3 aromatic heterocycles. The Bertz CT molecular complexity index is 1360. The fourth-order valence-corrected chi connectivity index (χ4v) is 3.98. The van der Waals surface area contributed by atoms with E-state index in [0.717, 1.165) is 0 Å². The predicted molar refractivity (Wildman–Crippen MR) is 113 cm³/mol. The maximum Gasteiger partial charge on any atom is 0.231 e. The molecule has 3 atom stereocenters. The summed E-state index contributed by atoms with van der Waals surface area (Å²) < 4.78 is 29.9. The highest BCUT2D eigenvalue weighted by Gasteiger charge is 2.43. The summed E-state index contributed by atoms with van der Waals surface area (Å²) in [5.74, 6) is -1.58. The first-order valence-corrected chi connectivity index (χ1v) is 10.0. The van der Waals surface area contributed by atoms with Crippen LogP contribution in [-0.2, 0) is 4.79 Å². The lowest BCUT2D eigenvalue weighted by Crippen LogP contribution is -2.15. The van der Waals surface area contributed by atoms with Gasteiger partial charge in [0, 0.05) is 28.6 Å². The van der Waals surface area contributed by atoms with E-state index in [2.05, 4.69) is 32.1 Å². The number of hydrogen-bond donors (Lipinski definition) is 2. The predicted octanol–water partition coefficient (Wildman–Crippen LogP) is 4.65. The van der Waals surface area contributed by atoms with Gasteiger partial charge in [-0.1, -0.05) is 24.6 Å². The van der Waals surface area contributed by atoms with Crippen molar-refractivity contribution in [2.45, 2.75) is 25.4 Å². The second-order valence-corrected chi connectivity index (χ2v) is 7.99. The van der Waals surface area contributed by atoms with Gasteiger partial charge in [-0.15, -0.1) is 6.58 Å². The van der Waals surface area contributed by atoms with Gasteiger partial charge in [-0.05, 0) is 6.42 Å². The van der Waals surface area contributed by atoms with Crippen LogP contribution in [0.15, 0.2) is 37.4 Å². The maximum absolute atomic E-state index is 15.2. The summed E-state index contributed by atoms with van der Waals surface area (Å²) in [6.45, 7) is 5.56. The molecule has 4 aromatic rings. The average Bonchev–Trinajstić information content (AvgIpc) is 3.12. The van der Waals surface area contributed by atoms with Crippen LogP contribution in [0.4, 0.5) is 14.6 Å². The smallest absolute Gasteiger partial charge is 0.231 e. The standard InChI is InChI=1S/C21H17ClF2N6O/c1-3-9(2)16-19(24)18(22)17(11-5-26-29-20(11)16)13-7-30-8-14(27-15(30)6-25-13)28-21(31)10-4-12(10)23/h3,5-10,12H,1,4H2,2H3,(H,26,29)(H,28,31)/t9?,10-,12+/m1/s1. The third-order valence-electron chi connectivity index (χ3n) is 5.53. The lowest BCUT2D eigenvalue weighted by molar-refractivity contribution is -0.117. The van der Waals surface area contributed by atoms with Crippen LogP contribution in [0.2, 0.25) is 5.02 Å². The number of aromatic amines is 1. The van der Waals surface area contributed by atoms with Crippen molar-refractivity contribution in [3.05, 3.63) is 53.8 Å². The van der Waals surface area contributed by atoms with Gasteiger partial charge in [-0.2, -0.15) is 5.10 Å². The molecule has 10 heteroatoms. The van der Waals surface area contributed by atoms with Gasteiger partial charge in [0.2, 0.25) is 5.91 Å². The Morgan fingerprint density at radius 2 is 2.23 bits per heavy atom. The Labute approximate surface area is 180 Å². The number of benzene rings is 1. The number of anilines is 1. The largest absolute Gasteiger partial charge is 0.309 e. The van der Waals surface area contributed by atoms with Crippen molar-refractivity contribution in [1.82, 2.24) is 24.6 Å². The van der Waals surface area contributed by atoms with Gasteiger partial charge < -0.3 is 9.72 Å². The number of carbonyl (C=O) groups excluding carboxylic acids is 1. The first-order valence-electron chi connectivity index (χ1n) is 9.65. The van der Waals surface area contributed by atoms with Gasteiger partial charge in [-0.25, -0.2) is 13.8 Å². The number of H-pyrrole nitrogens is 1. The molecule has 1 fully saturated rings. The monoisotopic (exact) mass is 442 g/mol. The molecule has 3 heterocycles. The molecule has 2 N–H and O–H groups in total. The highest BCUT2D eigenvalue weighted by Crippen LogP contribution is 2.41. The molecular weight excluding hydrogens is 426 g/mol. The normalized spacial score (nSPS) is 19.0. The van der Waals surface area contributed by atoms with Crippen LogP contribution < -0.4 is 5.32 Å². The number of aromatic nitrogens is 5. The Hall–Kier alpha value is -3.33. The van der Waals surface area contributed by atoms with Crippen LogP contribution in [0, 0.1) is 11.7 Å². The number of nitrogens with zero attached hydrogens (tertiary/aromatic N) is 4. The fourth-order valence-electron chi connectivity index (χ4n) is 3.68. The summed E-state index contributed by atoms with van der Waals surface area (Å²) in [5, 5.41) is 10.1. The zero-order valence-corrected chi connectivity index (χ0v) is 17.1. The van der Waals surface area contributed by atoms with Crippen molar-refractivity contribution in [2.24, 2.45) is 5.92 Å². The molecule has 1 aliphatic rings. The molecule has 5 rings (SSSR count). The Balaban J connectivity index is 1.59. The molecule has 0 bridgehead atoms. The minimum Gasteiger partial charge on any atom is -0.309 e. The van der Waals surface area contributed by atoms with Crippen LogP contribution in [0.5, 0.6) is 0 Å². The van der Waals surface area contributed by atoms with Gasteiger partial charge in [0.25, 0.3) is 0 Å². The molecule has 0 radical (unpaired) electrons. The van der Waals surface area contributed by atoms with Crippen molar-refractivity contribution < 1.29 is 13.6 Å². The number of imidazole rings is 1. The second-order valence-electron chi connectivity index (χ2n) is 7.61. The SMILES string of the molecule is C=CC(C)c1c(F)c(Cl)c(-c2cn3cc(NC(=O)[C@@H]4C[C@@H]4F)nc3cn2)c2cn[nH]c12. The third-order valence-corrected chi connectivity index (χ3v) is 5.89. The van der Waals surface area contributed by atoms with Crippen molar-refractivity contribution >= 4 is 39.9 Å². The molecule has 0 saturated heterocycles. The van der Waals surface area contributed by atoms with Crippen LogP contribution >= 0.6 is 11.6 Å². The Morgan fingerprint density at radius 3 is 2.94 bits per heavy atom. The topological polar surface area (TPSA) is 88.0 Å². The van der Waals surface area contributed by atoms with Gasteiger partial charge >= 0.3 is 0 Å². The van der Waals surface area contributed by atoms with E-state index in [1.807, 2.05) is 6.92 Å². The number of allylic oxidation sites excluding steroid dienone is 1. The summed E-state index contributed by atoms with van der Waals surface area (Å²) in [5.41, 5.74) is 2.17. The van der Waals surface area contributed by atoms with Crippen LogP contribution in [0.3, 0.4) is 0 Å². The van der Waals surface area contributed by atoms with Crippen LogP contribution in [0.25, 0.3) is 27.8 Å². The van der Waals surface area contributed by atoms with E-state index in [0.29, 0.717) is 33.4 Å². The number of halogens is 3. The van der Waals surface area contributed by atoms with E-state index in [9.17, 15) is 9.18 Å². The first-order chi connectivity index (χ1) is 14.9. The van der Waals surface area contributed by atoms with Crippen molar-refractivity contribution in [3.8, 4) is 11.3 Å². The molecule has 0 spiro atoms. The molecular formula is C21H17ClF2N6O. The lowest BCUT2D eigenvalue weighted by Gasteiger charge is -2.14. The highest BCUT2D eigenvalue weighted by molar-refractivity contribution is 6.35. The molecule has 1 aromatic carbocycles. The van der Waals surface area contributed by atoms with Gasteiger partial charge in [0.1, 0.15) is 12.0 Å². The molecule has 7 nitrogen and oxygen atoms in total. The summed E-state index contributed by atoms with van der Waals surface area (Å²) in [4.78, 5) is 20.6. The molecule has 158 valence electrons. The molecule has 31 heavy (non-hydrogen) atoms. The molecule has 1 saturated carbocycles. The van der Waals surface area contributed by atoms with E-state index >= 15 is 4.39 Å². The van der Waals surface area contributed by atoms with Crippen LogP contribution in [-0.4, -0.2) is 36.6 Å². The van der Waals surface area contributed by atoms with Crippen molar-refractivity contribution in [1.29, 1.82) is 0 Å².